The number of carbonyl (C=O) groups excluding carboxylic acids is 2. The van der Waals surface area contributed by atoms with Crippen molar-refractivity contribution in [2.45, 2.75) is 18.2 Å². The molecule has 8 nitrogen and oxygen atoms in total. The van der Waals surface area contributed by atoms with E-state index in [1.165, 1.54) is 19.1 Å². The Kier molecular flexibility index (Phi) is 6.25. The fourth-order valence-electron chi connectivity index (χ4n) is 2.42. The van der Waals surface area contributed by atoms with Gasteiger partial charge in [0.2, 0.25) is 11.8 Å². The van der Waals surface area contributed by atoms with E-state index >= 15 is 0 Å². The summed E-state index contributed by atoms with van der Waals surface area (Å²) in [6, 6.07) is 14.7. The SMILES string of the molecule is CC(=O)Nc1ccc(NC(=O)Cc2csc(NS(=O)(=O)c3ccccc3)n2)cc1. The molecule has 3 rings (SSSR count). The van der Waals surface area contributed by atoms with Crippen molar-refractivity contribution in [3.63, 3.8) is 0 Å². The minimum Gasteiger partial charge on any atom is -0.326 e. The van der Waals surface area contributed by atoms with Gasteiger partial charge in [-0.25, -0.2) is 13.4 Å². The van der Waals surface area contributed by atoms with E-state index in [1.807, 2.05) is 0 Å². The summed E-state index contributed by atoms with van der Waals surface area (Å²) in [5.74, 6) is -0.468. The Morgan fingerprint density at radius 1 is 0.966 bits per heavy atom. The molecule has 0 atom stereocenters. The molecule has 0 aliphatic carbocycles. The highest BCUT2D eigenvalue weighted by Crippen LogP contribution is 2.21. The highest BCUT2D eigenvalue weighted by Gasteiger charge is 2.16. The van der Waals surface area contributed by atoms with Gasteiger partial charge in [0, 0.05) is 23.7 Å². The number of nitrogens with one attached hydrogen (secondary N) is 3. The molecule has 0 aliphatic rings. The van der Waals surface area contributed by atoms with Gasteiger partial charge in [0.1, 0.15) is 0 Å². The summed E-state index contributed by atoms with van der Waals surface area (Å²) in [6.45, 7) is 1.41. The van der Waals surface area contributed by atoms with Gasteiger partial charge in [0.15, 0.2) is 5.13 Å². The van der Waals surface area contributed by atoms with Gasteiger partial charge in [-0.1, -0.05) is 18.2 Å². The van der Waals surface area contributed by atoms with Gasteiger partial charge < -0.3 is 10.6 Å². The Morgan fingerprint density at radius 2 is 1.59 bits per heavy atom. The van der Waals surface area contributed by atoms with Crippen molar-refractivity contribution in [2.75, 3.05) is 15.4 Å². The van der Waals surface area contributed by atoms with Crippen LogP contribution in [0.1, 0.15) is 12.6 Å². The third kappa shape index (κ3) is 5.87. The van der Waals surface area contributed by atoms with Crippen LogP contribution in [-0.2, 0) is 26.0 Å². The average molecular weight is 431 g/mol. The van der Waals surface area contributed by atoms with Crippen molar-refractivity contribution in [1.29, 1.82) is 0 Å². The molecule has 150 valence electrons. The lowest BCUT2D eigenvalue weighted by molar-refractivity contribution is -0.116. The predicted molar refractivity (Wildman–Crippen MR) is 112 cm³/mol. The van der Waals surface area contributed by atoms with Crippen molar-refractivity contribution >= 4 is 49.7 Å². The van der Waals surface area contributed by atoms with Crippen molar-refractivity contribution < 1.29 is 18.0 Å². The lowest BCUT2D eigenvalue weighted by Gasteiger charge is -2.06. The molecule has 0 aliphatic heterocycles. The fourth-order valence-corrected chi connectivity index (χ4v) is 4.40. The third-order valence-corrected chi connectivity index (χ3v) is 5.95. The standard InChI is InChI=1S/C19H18N4O4S2/c1-13(24)20-14-7-9-15(10-8-14)21-18(25)11-16-12-28-19(22-16)23-29(26,27)17-5-3-2-4-6-17/h2-10,12H,11H2,1H3,(H,20,24)(H,21,25)(H,22,23). The summed E-state index contributed by atoms with van der Waals surface area (Å²) in [7, 11) is -3.72. The van der Waals surface area contributed by atoms with E-state index in [-0.39, 0.29) is 28.3 Å². The monoisotopic (exact) mass is 430 g/mol. The normalized spacial score (nSPS) is 10.9. The number of aromatic nitrogens is 1. The minimum absolute atomic E-state index is 0.00296. The first-order valence-corrected chi connectivity index (χ1v) is 10.9. The zero-order valence-corrected chi connectivity index (χ0v) is 17.0. The van der Waals surface area contributed by atoms with Crippen LogP contribution in [0.2, 0.25) is 0 Å². The number of rotatable bonds is 7. The van der Waals surface area contributed by atoms with E-state index in [0.29, 0.717) is 17.1 Å². The molecule has 0 unspecified atom stereocenters. The van der Waals surface area contributed by atoms with Crippen LogP contribution in [0.4, 0.5) is 16.5 Å². The lowest BCUT2D eigenvalue weighted by atomic mass is 10.2. The number of carbonyl (C=O) groups is 2. The van der Waals surface area contributed by atoms with E-state index in [4.69, 9.17) is 0 Å². The summed E-state index contributed by atoms with van der Waals surface area (Å²) in [6.07, 6.45) is -0.00296. The molecule has 0 saturated carbocycles. The molecule has 0 radical (unpaired) electrons. The Hall–Kier alpha value is -3.24. The third-order valence-electron chi connectivity index (χ3n) is 3.66. The first-order valence-electron chi connectivity index (χ1n) is 8.51. The first-order chi connectivity index (χ1) is 13.8. The number of amides is 2. The van der Waals surface area contributed by atoms with Gasteiger partial charge >= 0.3 is 0 Å². The van der Waals surface area contributed by atoms with Crippen LogP contribution < -0.4 is 15.4 Å². The molecule has 0 fully saturated rings. The van der Waals surface area contributed by atoms with Crippen LogP contribution in [0.5, 0.6) is 0 Å². The lowest BCUT2D eigenvalue weighted by Crippen LogP contribution is -2.15. The predicted octanol–water partition coefficient (Wildman–Crippen LogP) is 3.08. The number of thiazole rings is 1. The zero-order chi connectivity index (χ0) is 20.9. The van der Waals surface area contributed by atoms with Gasteiger partial charge in [-0.2, -0.15) is 0 Å². The Balaban J connectivity index is 1.58. The smallest absolute Gasteiger partial charge is 0.263 e. The topological polar surface area (TPSA) is 117 Å². The molecule has 0 spiro atoms. The van der Waals surface area contributed by atoms with Crippen molar-refractivity contribution in [3.8, 4) is 0 Å². The number of sulfonamides is 1. The molecule has 0 bridgehead atoms. The van der Waals surface area contributed by atoms with Gasteiger partial charge in [0.05, 0.1) is 17.0 Å². The molecule has 1 aromatic heterocycles. The van der Waals surface area contributed by atoms with E-state index < -0.39 is 10.0 Å². The number of nitrogens with zero attached hydrogens (tertiary/aromatic N) is 1. The quantitative estimate of drug-likeness (QED) is 0.532. The van der Waals surface area contributed by atoms with E-state index in [2.05, 4.69) is 20.3 Å². The summed E-state index contributed by atoms with van der Waals surface area (Å²) in [5.41, 5.74) is 1.66. The Morgan fingerprint density at radius 3 is 2.21 bits per heavy atom. The maximum Gasteiger partial charge on any atom is 0.263 e. The van der Waals surface area contributed by atoms with Gasteiger partial charge in [-0.05, 0) is 36.4 Å². The summed E-state index contributed by atoms with van der Waals surface area (Å²) < 4.78 is 27.1. The first kappa shape index (κ1) is 20.5. The zero-order valence-electron chi connectivity index (χ0n) is 15.4. The fraction of sp³-hybridized carbons (Fsp3) is 0.105. The van der Waals surface area contributed by atoms with Gasteiger partial charge in [0.25, 0.3) is 10.0 Å². The largest absolute Gasteiger partial charge is 0.326 e. The number of anilines is 3. The molecule has 2 amide bonds. The van der Waals surface area contributed by atoms with Crippen LogP contribution in [-0.4, -0.2) is 25.2 Å². The Bertz CT molecular complexity index is 1110. The minimum atomic E-state index is -3.72. The van der Waals surface area contributed by atoms with E-state index in [0.717, 1.165) is 11.3 Å². The van der Waals surface area contributed by atoms with Crippen LogP contribution in [0.3, 0.4) is 0 Å². The molecule has 3 aromatic rings. The van der Waals surface area contributed by atoms with Crippen molar-refractivity contribution in [2.24, 2.45) is 0 Å². The highest BCUT2D eigenvalue weighted by molar-refractivity contribution is 7.93. The second-order valence-corrected chi connectivity index (χ2v) is 8.59. The highest BCUT2D eigenvalue weighted by atomic mass is 32.2. The molecule has 10 heteroatoms. The molecule has 29 heavy (non-hydrogen) atoms. The average Bonchev–Trinajstić information content (AvgIpc) is 3.09. The number of hydrogen-bond acceptors (Lipinski definition) is 6. The number of hydrogen-bond donors (Lipinski definition) is 3. The molecular weight excluding hydrogens is 412 g/mol. The van der Waals surface area contributed by atoms with Crippen molar-refractivity contribution in [3.05, 3.63) is 65.7 Å². The van der Waals surface area contributed by atoms with Crippen LogP contribution in [0.25, 0.3) is 0 Å². The van der Waals surface area contributed by atoms with E-state index in [1.54, 1.807) is 47.8 Å². The maximum atomic E-state index is 12.3. The van der Waals surface area contributed by atoms with Crippen molar-refractivity contribution in [1.82, 2.24) is 4.98 Å². The van der Waals surface area contributed by atoms with Crippen LogP contribution in [0, 0.1) is 0 Å². The molecule has 0 saturated heterocycles. The Labute approximate surface area is 172 Å². The second-order valence-electron chi connectivity index (χ2n) is 6.05. The molecule has 3 N–H and O–H groups in total. The summed E-state index contributed by atoms with van der Waals surface area (Å²) >= 11 is 1.11. The van der Waals surface area contributed by atoms with E-state index in [9.17, 15) is 18.0 Å². The molecular formula is C19H18N4O4S2. The summed E-state index contributed by atoms with van der Waals surface area (Å²) in [4.78, 5) is 27.5. The molecule has 1 heterocycles. The summed E-state index contributed by atoms with van der Waals surface area (Å²) in [5, 5.41) is 7.19. The molecule has 2 aromatic carbocycles. The maximum absolute atomic E-state index is 12.3. The second kappa shape index (κ2) is 8.84. The van der Waals surface area contributed by atoms with Crippen LogP contribution >= 0.6 is 11.3 Å². The van der Waals surface area contributed by atoms with Crippen LogP contribution in [0.15, 0.2) is 64.9 Å². The van der Waals surface area contributed by atoms with Gasteiger partial charge in [-0.3, -0.25) is 14.3 Å². The van der Waals surface area contributed by atoms with Gasteiger partial charge in [-0.15, -0.1) is 11.3 Å². The number of benzene rings is 2.